The normalized spacial score (nSPS) is 10.4. The Balaban J connectivity index is 2.85. The van der Waals surface area contributed by atoms with E-state index in [9.17, 15) is 4.21 Å². The molecule has 0 spiro atoms. The van der Waals surface area contributed by atoms with Crippen LogP contribution in [0, 0.1) is 0 Å². The zero-order valence-corrected chi connectivity index (χ0v) is 10.7. The Morgan fingerprint density at radius 1 is 1.36 bits per heavy atom. The van der Waals surface area contributed by atoms with E-state index in [1.54, 1.807) is 6.20 Å². The van der Waals surface area contributed by atoms with Gasteiger partial charge in [-0.2, -0.15) is 8.57 Å². The van der Waals surface area contributed by atoms with Crippen LogP contribution in [0.1, 0.15) is 0 Å². The molecule has 0 fully saturated rings. The van der Waals surface area contributed by atoms with E-state index in [-0.39, 0.29) is 11.5 Å². The van der Waals surface area contributed by atoms with Crippen LogP contribution in [-0.4, -0.2) is 9.19 Å². The van der Waals surface area contributed by atoms with Crippen LogP contribution in [0.4, 0.5) is 5.69 Å². The molecule has 6 heteroatoms. The molecule has 0 bridgehead atoms. The molecule has 1 aromatic heterocycles. The molecular formula is C8H4Br2N2OS. The SMILES string of the molecule is O=S=Nc1c[nH]c2cc(Br)cc(Br)c12. The Morgan fingerprint density at radius 2 is 2.14 bits per heavy atom. The maximum Gasteiger partial charge on any atom is 0.205 e. The Bertz CT molecular complexity index is 546. The lowest BCUT2D eigenvalue weighted by Crippen LogP contribution is -1.71. The van der Waals surface area contributed by atoms with E-state index in [2.05, 4.69) is 41.2 Å². The van der Waals surface area contributed by atoms with Crippen LogP contribution < -0.4 is 0 Å². The van der Waals surface area contributed by atoms with E-state index < -0.39 is 0 Å². The van der Waals surface area contributed by atoms with Gasteiger partial charge in [0, 0.05) is 26.0 Å². The van der Waals surface area contributed by atoms with Crippen molar-refractivity contribution >= 4 is 59.9 Å². The van der Waals surface area contributed by atoms with Crippen LogP contribution in [0.5, 0.6) is 0 Å². The number of aromatic nitrogens is 1. The van der Waals surface area contributed by atoms with Gasteiger partial charge in [-0.05, 0) is 28.1 Å². The fraction of sp³-hybridized carbons (Fsp3) is 0. The average molecular weight is 336 g/mol. The van der Waals surface area contributed by atoms with Gasteiger partial charge in [-0.25, -0.2) is 0 Å². The van der Waals surface area contributed by atoms with Gasteiger partial charge >= 0.3 is 0 Å². The predicted octanol–water partition coefficient (Wildman–Crippen LogP) is 3.72. The summed E-state index contributed by atoms with van der Waals surface area (Å²) in [5.41, 5.74) is 1.61. The van der Waals surface area contributed by atoms with Gasteiger partial charge in [-0.3, -0.25) is 0 Å². The van der Waals surface area contributed by atoms with Crippen LogP contribution in [0.3, 0.4) is 0 Å². The van der Waals surface area contributed by atoms with E-state index in [1.165, 1.54) is 0 Å². The van der Waals surface area contributed by atoms with Crippen LogP contribution in [-0.2, 0) is 11.5 Å². The summed E-state index contributed by atoms with van der Waals surface area (Å²) < 4.78 is 16.0. The van der Waals surface area contributed by atoms with Gasteiger partial charge in [0.1, 0.15) is 5.69 Å². The summed E-state index contributed by atoms with van der Waals surface area (Å²) in [6.07, 6.45) is 1.72. The topological polar surface area (TPSA) is 45.2 Å². The first-order valence-corrected chi connectivity index (χ1v) is 5.97. The van der Waals surface area contributed by atoms with Gasteiger partial charge in [0.2, 0.25) is 11.5 Å². The largest absolute Gasteiger partial charge is 0.359 e. The Labute approximate surface area is 100 Å². The van der Waals surface area contributed by atoms with Crippen LogP contribution in [0.2, 0.25) is 0 Å². The summed E-state index contributed by atoms with van der Waals surface area (Å²) in [7, 11) is 0. The maximum absolute atomic E-state index is 10.3. The monoisotopic (exact) mass is 334 g/mol. The summed E-state index contributed by atoms with van der Waals surface area (Å²) >= 11 is 7.02. The first kappa shape index (κ1) is 10.1. The van der Waals surface area contributed by atoms with Crippen molar-refractivity contribution in [1.29, 1.82) is 0 Å². The lowest BCUT2D eigenvalue weighted by molar-refractivity contribution is 0.698. The summed E-state index contributed by atoms with van der Waals surface area (Å²) in [5.74, 6) is 0. The lowest BCUT2D eigenvalue weighted by Gasteiger charge is -1.96. The summed E-state index contributed by atoms with van der Waals surface area (Å²) in [6.45, 7) is 0. The Hall–Kier alpha value is -0.460. The molecule has 0 aliphatic heterocycles. The third kappa shape index (κ3) is 1.69. The molecule has 14 heavy (non-hydrogen) atoms. The molecule has 3 nitrogen and oxygen atoms in total. The molecule has 1 N–H and O–H groups in total. The molecule has 0 radical (unpaired) electrons. The van der Waals surface area contributed by atoms with Crippen LogP contribution in [0.25, 0.3) is 10.9 Å². The van der Waals surface area contributed by atoms with Gasteiger partial charge in [-0.1, -0.05) is 15.9 Å². The van der Waals surface area contributed by atoms with Crippen molar-refractivity contribution in [3.8, 4) is 0 Å². The lowest BCUT2D eigenvalue weighted by atomic mass is 10.2. The van der Waals surface area contributed by atoms with Gasteiger partial charge in [0.25, 0.3) is 0 Å². The molecule has 0 saturated heterocycles. The maximum atomic E-state index is 10.3. The fourth-order valence-corrected chi connectivity index (χ4v) is 2.93. The van der Waals surface area contributed by atoms with Crippen molar-refractivity contribution in [2.75, 3.05) is 0 Å². The van der Waals surface area contributed by atoms with Gasteiger partial charge in [0.15, 0.2) is 0 Å². The molecule has 0 aliphatic rings. The van der Waals surface area contributed by atoms with Crippen molar-refractivity contribution in [2.24, 2.45) is 4.36 Å². The molecule has 0 amide bonds. The molecule has 2 rings (SSSR count). The highest BCUT2D eigenvalue weighted by Crippen LogP contribution is 2.34. The zero-order chi connectivity index (χ0) is 10.1. The summed E-state index contributed by atoms with van der Waals surface area (Å²) in [5, 5.41) is 0.927. The highest BCUT2D eigenvalue weighted by Gasteiger charge is 2.07. The van der Waals surface area contributed by atoms with Crippen molar-refractivity contribution < 1.29 is 4.21 Å². The number of benzene rings is 1. The Kier molecular flexibility index (Phi) is 2.85. The number of halogens is 2. The van der Waals surface area contributed by atoms with E-state index in [1.807, 2.05) is 12.1 Å². The van der Waals surface area contributed by atoms with E-state index in [0.29, 0.717) is 5.69 Å². The van der Waals surface area contributed by atoms with Crippen LogP contribution >= 0.6 is 31.9 Å². The second-order valence-electron chi connectivity index (χ2n) is 2.65. The summed E-state index contributed by atoms with van der Waals surface area (Å²) in [4.78, 5) is 3.05. The Morgan fingerprint density at radius 3 is 2.86 bits per heavy atom. The minimum Gasteiger partial charge on any atom is -0.359 e. The number of rotatable bonds is 1. The predicted molar refractivity (Wildman–Crippen MR) is 63.9 cm³/mol. The molecule has 0 unspecified atom stereocenters. The number of H-pyrrole nitrogens is 1. The van der Waals surface area contributed by atoms with E-state index in [0.717, 1.165) is 19.8 Å². The van der Waals surface area contributed by atoms with Crippen molar-refractivity contribution in [1.82, 2.24) is 4.98 Å². The second kappa shape index (κ2) is 3.96. The molecule has 2 aromatic rings. The molecular weight excluding hydrogens is 332 g/mol. The molecule has 1 aromatic carbocycles. The van der Waals surface area contributed by atoms with Gasteiger partial charge in [-0.15, -0.1) is 0 Å². The van der Waals surface area contributed by atoms with Crippen molar-refractivity contribution in [3.63, 3.8) is 0 Å². The number of nitrogens with one attached hydrogen (secondary N) is 1. The second-order valence-corrected chi connectivity index (χ2v) is 4.75. The molecule has 72 valence electrons. The number of fused-ring (bicyclic) bond motifs is 1. The van der Waals surface area contributed by atoms with Gasteiger partial charge in [0.05, 0.1) is 0 Å². The highest BCUT2D eigenvalue weighted by atomic mass is 79.9. The minimum absolute atomic E-state index is 0.210. The standard InChI is InChI=1S/C8H4Br2N2OS/c9-4-1-5(10)8-6(2-4)11-3-7(8)12-14-13/h1-3,11H. The smallest absolute Gasteiger partial charge is 0.205 e. The average Bonchev–Trinajstić information content (AvgIpc) is 2.49. The molecule has 1 heterocycles. The third-order valence-electron chi connectivity index (χ3n) is 1.81. The number of nitrogens with zero attached hydrogens (tertiary/aromatic N) is 1. The summed E-state index contributed by atoms with van der Waals surface area (Å²) in [6, 6.07) is 3.86. The van der Waals surface area contributed by atoms with Crippen LogP contribution in [0.15, 0.2) is 31.6 Å². The molecule has 0 atom stereocenters. The number of hydrogen-bond acceptors (Lipinski definition) is 2. The first-order valence-electron chi connectivity index (χ1n) is 3.68. The number of hydrogen-bond donors (Lipinski definition) is 1. The van der Waals surface area contributed by atoms with Crippen molar-refractivity contribution in [3.05, 3.63) is 27.3 Å². The minimum atomic E-state index is 0.210. The van der Waals surface area contributed by atoms with Gasteiger partial charge < -0.3 is 4.98 Å². The molecule has 0 aliphatic carbocycles. The zero-order valence-electron chi connectivity index (χ0n) is 6.75. The third-order valence-corrected chi connectivity index (χ3v) is 3.17. The fourth-order valence-electron chi connectivity index (χ4n) is 1.28. The number of aromatic amines is 1. The van der Waals surface area contributed by atoms with E-state index >= 15 is 0 Å². The first-order chi connectivity index (χ1) is 6.72. The quantitative estimate of drug-likeness (QED) is 0.848. The van der Waals surface area contributed by atoms with Crippen molar-refractivity contribution in [2.45, 2.75) is 0 Å². The highest BCUT2D eigenvalue weighted by molar-refractivity contribution is 9.11. The molecule has 0 saturated carbocycles. The van der Waals surface area contributed by atoms with E-state index in [4.69, 9.17) is 0 Å².